The summed E-state index contributed by atoms with van der Waals surface area (Å²) in [6.07, 6.45) is 14.0. The summed E-state index contributed by atoms with van der Waals surface area (Å²) in [5, 5.41) is 0. The fourth-order valence-electron chi connectivity index (χ4n) is 1.32. The van der Waals surface area contributed by atoms with Crippen molar-refractivity contribution in [2.45, 2.75) is 0 Å². The second kappa shape index (κ2) is 4.43. The van der Waals surface area contributed by atoms with Crippen molar-refractivity contribution in [3.63, 3.8) is 0 Å². The molecule has 68 valence electrons. The molecule has 0 aliphatic heterocycles. The predicted octanol–water partition coefficient (Wildman–Crippen LogP) is 3.75. The third kappa shape index (κ3) is 2.11. The van der Waals surface area contributed by atoms with E-state index in [4.69, 9.17) is 1.37 Å². The Hall–Kier alpha value is -1.82. The first-order valence-corrected chi connectivity index (χ1v) is 4.65. The van der Waals surface area contributed by atoms with E-state index in [0.717, 1.165) is 11.1 Å². The quantitative estimate of drug-likeness (QED) is 0.619. The number of allylic oxidation sites excluding steroid dienone is 8. The lowest BCUT2D eigenvalue weighted by atomic mass is 10.0. The maximum atomic E-state index is 7.82. The van der Waals surface area contributed by atoms with Gasteiger partial charge in [-0.25, -0.2) is 0 Å². The molecule has 0 fully saturated rings. The van der Waals surface area contributed by atoms with Crippen molar-refractivity contribution in [3.05, 3.63) is 78.4 Å². The highest BCUT2D eigenvalue weighted by Crippen LogP contribution is 2.16. The number of benzene rings is 1. The van der Waals surface area contributed by atoms with E-state index in [9.17, 15) is 0 Å². The minimum atomic E-state index is 0.561. The third-order valence-electron chi connectivity index (χ3n) is 2.02. The molecule has 0 aromatic heterocycles. The van der Waals surface area contributed by atoms with Crippen LogP contribution in [0.5, 0.6) is 0 Å². The maximum absolute atomic E-state index is 7.82. The van der Waals surface area contributed by atoms with Gasteiger partial charge in [-0.1, -0.05) is 72.8 Å². The molecule has 0 radical (unpaired) electrons. The normalized spacial score (nSPS) is 26.3. The lowest BCUT2D eigenvalue weighted by molar-refractivity contribution is 1.61. The van der Waals surface area contributed by atoms with Crippen LogP contribution in [0.25, 0.3) is 5.57 Å². The molecular weight excluding hydrogens is 168 g/mol. The molecule has 0 heteroatoms. The maximum Gasteiger partial charge on any atom is 0.0629 e. The Morgan fingerprint density at radius 1 is 0.857 bits per heavy atom. The fourth-order valence-corrected chi connectivity index (χ4v) is 1.32. The zero-order valence-corrected chi connectivity index (χ0v) is 7.85. The van der Waals surface area contributed by atoms with Crippen LogP contribution in [0.15, 0.2) is 72.8 Å². The van der Waals surface area contributed by atoms with E-state index in [1.165, 1.54) is 0 Å². The van der Waals surface area contributed by atoms with Gasteiger partial charge in [-0.05, 0) is 11.1 Å². The highest BCUT2D eigenvalue weighted by molar-refractivity contribution is 5.75. The van der Waals surface area contributed by atoms with Gasteiger partial charge in [0.25, 0.3) is 0 Å². The Morgan fingerprint density at radius 2 is 1.71 bits per heavy atom. The number of hydrogen-bond donors (Lipinski definition) is 0. The lowest BCUT2D eigenvalue weighted by Gasteiger charge is -2.01. The smallest absolute Gasteiger partial charge is 0.0623 e. The van der Waals surface area contributed by atoms with Crippen LogP contribution in [0.3, 0.4) is 0 Å². The van der Waals surface area contributed by atoms with Gasteiger partial charge in [-0.2, -0.15) is 0 Å². The van der Waals surface area contributed by atoms with Gasteiger partial charge in [0.1, 0.15) is 0 Å². The lowest BCUT2D eigenvalue weighted by Crippen LogP contribution is -1.79. The van der Waals surface area contributed by atoms with E-state index < -0.39 is 0 Å². The standard InChI is InChI=1S/C14H12/c1-2-5-9-13(10-6-3-1)14-11-7-4-8-12-14/h1-12H/b2-1-,3-1?,5-2?,6-3-,9-5-,10-6?,13-9?,13-10+/i11D. The minimum absolute atomic E-state index is 0.561. The molecule has 0 saturated carbocycles. The summed E-state index contributed by atoms with van der Waals surface area (Å²) in [6, 6.07) is 8.18. The topological polar surface area (TPSA) is 0 Å². The average molecular weight is 181 g/mol. The first-order valence-electron chi connectivity index (χ1n) is 5.15. The van der Waals surface area contributed by atoms with Gasteiger partial charge in [0, 0.05) is 0 Å². The van der Waals surface area contributed by atoms with E-state index in [1.54, 1.807) is 0 Å². The molecule has 0 nitrogen and oxygen atoms in total. The van der Waals surface area contributed by atoms with Crippen molar-refractivity contribution in [3.8, 4) is 0 Å². The first-order chi connectivity index (χ1) is 7.38. The van der Waals surface area contributed by atoms with Crippen LogP contribution < -0.4 is 0 Å². The highest BCUT2D eigenvalue weighted by atomic mass is 14.0. The largest absolute Gasteiger partial charge is 0.0629 e. The summed E-state index contributed by atoms with van der Waals surface area (Å²) in [7, 11) is 0. The van der Waals surface area contributed by atoms with Crippen LogP contribution in [0.4, 0.5) is 0 Å². The van der Waals surface area contributed by atoms with Gasteiger partial charge in [0.15, 0.2) is 0 Å². The van der Waals surface area contributed by atoms with Crippen molar-refractivity contribution in [2.75, 3.05) is 0 Å². The Kier molecular flexibility index (Phi) is 2.39. The summed E-state index contributed by atoms with van der Waals surface area (Å²) < 4.78 is 7.82. The van der Waals surface area contributed by atoms with Crippen molar-refractivity contribution >= 4 is 5.57 Å². The number of rotatable bonds is 1. The summed E-state index contributed by atoms with van der Waals surface area (Å²) >= 11 is 0. The van der Waals surface area contributed by atoms with E-state index in [0.29, 0.717) is 6.04 Å². The molecule has 0 saturated heterocycles. The third-order valence-corrected chi connectivity index (χ3v) is 2.02. The summed E-state index contributed by atoms with van der Waals surface area (Å²) in [4.78, 5) is 0. The molecular formula is C14H12. The minimum Gasteiger partial charge on any atom is -0.0623 e. The average Bonchev–Trinajstić information content (AvgIpc) is 2.19. The van der Waals surface area contributed by atoms with Gasteiger partial charge >= 0.3 is 0 Å². The van der Waals surface area contributed by atoms with Gasteiger partial charge < -0.3 is 0 Å². The van der Waals surface area contributed by atoms with Crippen LogP contribution in [0.2, 0.25) is 0 Å². The van der Waals surface area contributed by atoms with Gasteiger partial charge in [0.05, 0.1) is 1.37 Å². The summed E-state index contributed by atoms with van der Waals surface area (Å²) in [5.41, 5.74) is 2.04. The van der Waals surface area contributed by atoms with E-state index >= 15 is 0 Å². The molecule has 0 unspecified atom stereocenters. The summed E-state index contributed by atoms with van der Waals surface area (Å²) in [5.74, 6) is 0. The number of hydrogen-bond acceptors (Lipinski definition) is 0. The first kappa shape index (κ1) is 7.57. The van der Waals surface area contributed by atoms with Crippen LogP contribution in [0, 0.1) is 0 Å². The molecule has 1 aromatic carbocycles. The second-order valence-corrected chi connectivity index (χ2v) is 3.03. The Bertz CT molecular complexity index is 462. The molecule has 2 rings (SSSR count). The van der Waals surface area contributed by atoms with E-state index in [1.807, 2.05) is 66.8 Å². The predicted molar refractivity (Wildman–Crippen MR) is 61.8 cm³/mol. The Morgan fingerprint density at radius 3 is 2.64 bits per heavy atom. The molecule has 0 atom stereocenters. The molecule has 1 aliphatic rings. The van der Waals surface area contributed by atoms with Crippen molar-refractivity contribution in [2.24, 2.45) is 0 Å². The molecule has 0 bridgehead atoms. The molecule has 14 heavy (non-hydrogen) atoms. The highest BCUT2D eigenvalue weighted by Gasteiger charge is 1.94. The fraction of sp³-hybridized carbons (Fsp3) is 0. The Labute approximate surface area is 86.0 Å². The monoisotopic (exact) mass is 181 g/mol. The Balaban J connectivity index is 2.42. The van der Waals surface area contributed by atoms with E-state index in [2.05, 4.69) is 0 Å². The van der Waals surface area contributed by atoms with Crippen LogP contribution >= 0.6 is 0 Å². The van der Waals surface area contributed by atoms with Crippen molar-refractivity contribution in [1.82, 2.24) is 0 Å². The van der Waals surface area contributed by atoms with Crippen molar-refractivity contribution in [1.29, 1.82) is 0 Å². The molecule has 1 aromatic rings. The van der Waals surface area contributed by atoms with Crippen LogP contribution in [0.1, 0.15) is 6.93 Å². The second-order valence-electron chi connectivity index (χ2n) is 3.03. The molecule has 0 heterocycles. The zero-order chi connectivity index (χ0) is 10.5. The molecule has 1 aliphatic carbocycles. The van der Waals surface area contributed by atoms with Crippen LogP contribution in [-0.4, -0.2) is 0 Å². The summed E-state index contributed by atoms with van der Waals surface area (Å²) in [6.45, 7) is 0. The molecule has 0 spiro atoms. The van der Waals surface area contributed by atoms with Gasteiger partial charge in [-0.3, -0.25) is 0 Å². The van der Waals surface area contributed by atoms with Crippen LogP contribution in [-0.2, 0) is 0 Å². The van der Waals surface area contributed by atoms with Crippen molar-refractivity contribution < 1.29 is 1.37 Å². The van der Waals surface area contributed by atoms with Gasteiger partial charge in [-0.15, -0.1) is 0 Å². The van der Waals surface area contributed by atoms with Gasteiger partial charge in [0.2, 0.25) is 0 Å². The molecule has 0 amide bonds. The molecule has 0 N–H and O–H groups in total. The van der Waals surface area contributed by atoms with E-state index in [-0.39, 0.29) is 0 Å². The SMILES string of the molecule is [2H]c1ccccc1C1=C/C=C\C=C/C=C\1. The zero-order valence-electron chi connectivity index (χ0n) is 8.85.